The fourth-order valence-electron chi connectivity index (χ4n) is 3.11. The first-order valence-corrected chi connectivity index (χ1v) is 9.12. The molecule has 0 aliphatic heterocycles. The maximum atomic E-state index is 9.58. The van der Waals surface area contributed by atoms with Crippen LogP contribution in [0.2, 0.25) is 0 Å². The third kappa shape index (κ3) is 9.77. The Labute approximate surface area is 126 Å². The molecule has 2 unspecified atom stereocenters. The van der Waals surface area contributed by atoms with Crippen LogP contribution in [0.15, 0.2) is 0 Å². The predicted molar refractivity (Wildman–Crippen MR) is 86.1 cm³/mol. The zero-order valence-corrected chi connectivity index (χ0v) is 13.6. The maximum Gasteiger partial charge on any atom is 0.0599 e. The van der Waals surface area contributed by atoms with Crippen molar-refractivity contribution >= 4 is 0 Å². The fourth-order valence-corrected chi connectivity index (χ4v) is 3.11. The zero-order chi connectivity index (χ0) is 14.5. The molecule has 0 radical (unpaired) electrons. The van der Waals surface area contributed by atoms with Gasteiger partial charge in [-0.3, -0.25) is 0 Å². The summed E-state index contributed by atoms with van der Waals surface area (Å²) in [4.78, 5) is 0. The molecule has 2 heteroatoms. The number of unbranched alkanes of at least 4 members (excludes halogenated alkanes) is 9. The number of rotatable bonds is 12. The summed E-state index contributed by atoms with van der Waals surface area (Å²) >= 11 is 0. The van der Waals surface area contributed by atoms with E-state index in [0.29, 0.717) is 6.10 Å². The monoisotopic (exact) mass is 284 g/mol. The van der Waals surface area contributed by atoms with Gasteiger partial charge in [-0.1, -0.05) is 64.7 Å². The zero-order valence-electron chi connectivity index (χ0n) is 13.6. The van der Waals surface area contributed by atoms with Gasteiger partial charge in [-0.05, 0) is 32.1 Å². The van der Waals surface area contributed by atoms with Crippen molar-refractivity contribution in [2.24, 2.45) is 0 Å². The van der Waals surface area contributed by atoms with Gasteiger partial charge in [-0.15, -0.1) is 0 Å². The topological polar surface area (TPSA) is 29.5 Å². The molecule has 1 N–H and O–H groups in total. The van der Waals surface area contributed by atoms with Crippen molar-refractivity contribution in [3.05, 3.63) is 0 Å². The Kier molecular flexibility index (Phi) is 11.4. The molecule has 2 atom stereocenters. The first kappa shape index (κ1) is 18.0. The molecule has 1 rings (SSSR count). The Balaban J connectivity index is 1.76. The van der Waals surface area contributed by atoms with Crippen LogP contribution < -0.4 is 0 Å². The Morgan fingerprint density at radius 1 is 0.850 bits per heavy atom. The van der Waals surface area contributed by atoms with Gasteiger partial charge in [0.2, 0.25) is 0 Å². The Hall–Kier alpha value is -0.0800. The minimum absolute atomic E-state index is 0.110. The molecule has 1 aliphatic rings. The molecule has 0 amide bonds. The van der Waals surface area contributed by atoms with E-state index < -0.39 is 0 Å². The summed E-state index contributed by atoms with van der Waals surface area (Å²) in [5.41, 5.74) is 0. The molecule has 1 saturated carbocycles. The standard InChI is InChI=1S/C18H36O2/c1-2-3-4-5-6-7-8-9-10-11-15-20-18-14-12-13-17(19)16-18/h17-19H,2-16H2,1H3. The molecule has 0 saturated heterocycles. The van der Waals surface area contributed by atoms with Crippen molar-refractivity contribution in [1.29, 1.82) is 0 Å². The van der Waals surface area contributed by atoms with E-state index in [-0.39, 0.29) is 6.10 Å². The minimum Gasteiger partial charge on any atom is -0.393 e. The van der Waals surface area contributed by atoms with Gasteiger partial charge < -0.3 is 9.84 Å². The van der Waals surface area contributed by atoms with E-state index in [1.807, 2.05) is 0 Å². The van der Waals surface area contributed by atoms with E-state index in [1.54, 1.807) is 0 Å². The van der Waals surface area contributed by atoms with Crippen molar-refractivity contribution < 1.29 is 9.84 Å². The van der Waals surface area contributed by atoms with Crippen molar-refractivity contribution in [1.82, 2.24) is 0 Å². The van der Waals surface area contributed by atoms with Crippen molar-refractivity contribution in [3.8, 4) is 0 Å². The average molecular weight is 284 g/mol. The SMILES string of the molecule is CCCCCCCCCCCCOC1CCCC(O)C1. The number of aliphatic hydroxyl groups excluding tert-OH is 1. The minimum atomic E-state index is -0.110. The van der Waals surface area contributed by atoms with Crippen molar-refractivity contribution in [2.45, 2.75) is 109 Å². The van der Waals surface area contributed by atoms with Crippen LogP contribution in [0.25, 0.3) is 0 Å². The highest BCUT2D eigenvalue weighted by atomic mass is 16.5. The summed E-state index contributed by atoms with van der Waals surface area (Å²) in [5.74, 6) is 0. The summed E-state index contributed by atoms with van der Waals surface area (Å²) in [5, 5.41) is 9.58. The van der Waals surface area contributed by atoms with Gasteiger partial charge in [-0.25, -0.2) is 0 Å². The number of ether oxygens (including phenoxy) is 1. The van der Waals surface area contributed by atoms with Crippen LogP contribution in [0.1, 0.15) is 96.8 Å². The fraction of sp³-hybridized carbons (Fsp3) is 1.00. The lowest BCUT2D eigenvalue weighted by Crippen LogP contribution is -2.26. The summed E-state index contributed by atoms with van der Waals surface area (Å²) in [6.07, 6.45) is 18.1. The van der Waals surface area contributed by atoms with Crippen LogP contribution in [0.4, 0.5) is 0 Å². The van der Waals surface area contributed by atoms with Crippen LogP contribution in [-0.2, 0) is 4.74 Å². The number of hydrogen-bond donors (Lipinski definition) is 1. The number of hydrogen-bond acceptors (Lipinski definition) is 2. The van der Waals surface area contributed by atoms with Crippen LogP contribution in [0.3, 0.4) is 0 Å². The van der Waals surface area contributed by atoms with Crippen LogP contribution in [0.5, 0.6) is 0 Å². The van der Waals surface area contributed by atoms with Crippen molar-refractivity contribution in [2.75, 3.05) is 6.61 Å². The molecular formula is C18H36O2. The van der Waals surface area contributed by atoms with Crippen molar-refractivity contribution in [3.63, 3.8) is 0 Å². The van der Waals surface area contributed by atoms with Gasteiger partial charge in [0.25, 0.3) is 0 Å². The maximum absolute atomic E-state index is 9.58. The third-order valence-electron chi connectivity index (χ3n) is 4.45. The van der Waals surface area contributed by atoms with Gasteiger partial charge in [0.15, 0.2) is 0 Å². The molecule has 0 heterocycles. The average Bonchev–Trinajstić information content (AvgIpc) is 2.45. The highest BCUT2D eigenvalue weighted by Crippen LogP contribution is 2.21. The molecule has 0 spiro atoms. The summed E-state index contributed by atoms with van der Waals surface area (Å²) in [6.45, 7) is 3.17. The molecule has 120 valence electrons. The van der Waals surface area contributed by atoms with E-state index >= 15 is 0 Å². The van der Waals surface area contributed by atoms with E-state index in [2.05, 4.69) is 6.92 Å². The third-order valence-corrected chi connectivity index (χ3v) is 4.45. The summed E-state index contributed by atoms with van der Waals surface area (Å²) in [6, 6.07) is 0. The van der Waals surface area contributed by atoms with Crippen LogP contribution >= 0.6 is 0 Å². The second-order valence-electron chi connectivity index (χ2n) is 6.50. The Bertz CT molecular complexity index is 206. The van der Waals surface area contributed by atoms with E-state index in [9.17, 15) is 5.11 Å². The second-order valence-corrected chi connectivity index (χ2v) is 6.50. The van der Waals surface area contributed by atoms with Gasteiger partial charge in [0.1, 0.15) is 0 Å². The summed E-state index contributed by atoms with van der Waals surface area (Å²) < 4.78 is 5.87. The molecule has 1 aliphatic carbocycles. The second kappa shape index (κ2) is 12.6. The largest absolute Gasteiger partial charge is 0.393 e. The molecule has 0 bridgehead atoms. The normalized spacial score (nSPS) is 23.1. The lowest BCUT2D eigenvalue weighted by Gasteiger charge is -2.25. The predicted octanol–water partition coefficient (Wildman–Crippen LogP) is 5.23. The van der Waals surface area contributed by atoms with Crippen LogP contribution in [0, 0.1) is 0 Å². The molecule has 2 nitrogen and oxygen atoms in total. The summed E-state index contributed by atoms with van der Waals surface area (Å²) in [7, 11) is 0. The molecule has 0 aromatic carbocycles. The molecular weight excluding hydrogens is 248 g/mol. The van der Waals surface area contributed by atoms with Gasteiger partial charge in [0.05, 0.1) is 12.2 Å². The first-order chi connectivity index (χ1) is 9.83. The molecule has 1 fully saturated rings. The lowest BCUT2D eigenvalue weighted by atomic mass is 9.95. The number of aliphatic hydroxyl groups is 1. The van der Waals surface area contributed by atoms with Gasteiger partial charge in [0, 0.05) is 6.61 Å². The Morgan fingerprint density at radius 3 is 2.05 bits per heavy atom. The smallest absolute Gasteiger partial charge is 0.0599 e. The lowest BCUT2D eigenvalue weighted by molar-refractivity contribution is -0.0157. The molecule has 20 heavy (non-hydrogen) atoms. The van der Waals surface area contributed by atoms with E-state index in [4.69, 9.17) is 4.74 Å². The van der Waals surface area contributed by atoms with Gasteiger partial charge in [-0.2, -0.15) is 0 Å². The van der Waals surface area contributed by atoms with E-state index in [1.165, 1.54) is 64.2 Å². The quantitative estimate of drug-likeness (QED) is 0.497. The molecule has 0 aromatic heterocycles. The van der Waals surface area contributed by atoms with Gasteiger partial charge >= 0.3 is 0 Å². The van der Waals surface area contributed by atoms with Crippen LogP contribution in [-0.4, -0.2) is 23.9 Å². The first-order valence-electron chi connectivity index (χ1n) is 9.12. The highest BCUT2D eigenvalue weighted by Gasteiger charge is 2.20. The Morgan fingerprint density at radius 2 is 1.45 bits per heavy atom. The molecule has 0 aromatic rings. The van der Waals surface area contributed by atoms with E-state index in [0.717, 1.165) is 32.3 Å². The highest BCUT2D eigenvalue weighted by molar-refractivity contribution is 4.72.